The molecular formula is C18H16F3N3O2. The van der Waals surface area contributed by atoms with E-state index in [4.69, 9.17) is 10.5 Å². The molecule has 0 aliphatic carbocycles. The Morgan fingerprint density at radius 2 is 1.81 bits per heavy atom. The molecule has 26 heavy (non-hydrogen) atoms. The lowest BCUT2D eigenvalue weighted by Gasteiger charge is -2.21. The van der Waals surface area contributed by atoms with E-state index >= 15 is 0 Å². The summed E-state index contributed by atoms with van der Waals surface area (Å²) < 4.78 is 46.4. The van der Waals surface area contributed by atoms with Gasteiger partial charge >= 0.3 is 6.18 Å². The molecule has 8 heteroatoms. The minimum atomic E-state index is -4.78. The van der Waals surface area contributed by atoms with Crippen molar-refractivity contribution in [3.8, 4) is 5.75 Å². The maximum atomic E-state index is 13.6. The summed E-state index contributed by atoms with van der Waals surface area (Å²) in [4.78, 5) is 16.5. The monoisotopic (exact) mass is 363 g/mol. The molecule has 0 fully saturated rings. The SMILES string of the molecule is COc1ccc(C(C)n2c(C(F)(F)F)nc3ccc(N)cc3c2=O)cc1. The van der Waals surface area contributed by atoms with Gasteiger partial charge in [-0.2, -0.15) is 13.2 Å². The molecular weight excluding hydrogens is 347 g/mol. The van der Waals surface area contributed by atoms with E-state index in [1.54, 1.807) is 24.3 Å². The minimum Gasteiger partial charge on any atom is -0.497 e. The third-order valence-corrected chi connectivity index (χ3v) is 4.16. The van der Waals surface area contributed by atoms with Gasteiger partial charge in [-0.15, -0.1) is 0 Å². The lowest BCUT2D eigenvalue weighted by molar-refractivity contribution is -0.148. The summed E-state index contributed by atoms with van der Waals surface area (Å²) in [7, 11) is 1.49. The number of aromatic nitrogens is 2. The summed E-state index contributed by atoms with van der Waals surface area (Å²) >= 11 is 0. The Hall–Kier alpha value is -3.03. The largest absolute Gasteiger partial charge is 0.497 e. The zero-order valence-electron chi connectivity index (χ0n) is 14.0. The molecule has 136 valence electrons. The summed E-state index contributed by atoms with van der Waals surface area (Å²) in [5.41, 5.74) is 5.63. The van der Waals surface area contributed by atoms with Crippen LogP contribution in [-0.4, -0.2) is 16.7 Å². The molecule has 1 aromatic heterocycles. The van der Waals surface area contributed by atoms with Crippen LogP contribution in [0.2, 0.25) is 0 Å². The minimum absolute atomic E-state index is 0.0401. The molecule has 0 aliphatic heterocycles. The van der Waals surface area contributed by atoms with Crippen LogP contribution in [0, 0.1) is 0 Å². The smallest absolute Gasteiger partial charge is 0.449 e. The fourth-order valence-corrected chi connectivity index (χ4v) is 2.81. The predicted octanol–water partition coefficient (Wildman–Crippen LogP) is 3.62. The van der Waals surface area contributed by atoms with Gasteiger partial charge in [0, 0.05) is 5.69 Å². The summed E-state index contributed by atoms with van der Waals surface area (Å²) in [6, 6.07) is 9.63. The number of alkyl halides is 3. The number of halogens is 3. The van der Waals surface area contributed by atoms with Gasteiger partial charge in [0.05, 0.1) is 24.1 Å². The second-order valence-electron chi connectivity index (χ2n) is 5.83. The highest BCUT2D eigenvalue weighted by molar-refractivity contribution is 5.81. The predicted molar refractivity (Wildman–Crippen MR) is 92.2 cm³/mol. The third kappa shape index (κ3) is 3.10. The van der Waals surface area contributed by atoms with E-state index in [2.05, 4.69) is 4.98 Å². The number of hydrogen-bond donors (Lipinski definition) is 1. The topological polar surface area (TPSA) is 70.1 Å². The molecule has 0 amide bonds. The lowest BCUT2D eigenvalue weighted by Crippen LogP contribution is -2.32. The van der Waals surface area contributed by atoms with E-state index in [0.29, 0.717) is 15.9 Å². The maximum Gasteiger partial charge on any atom is 0.449 e. The van der Waals surface area contributed by atoms with Crippen LogP contribution in [0.4, 0.5) is 18.9 Å². The van der Waals surface area contributed by atoms with Crippen molar-refractivity contribution in [2.24, 2.45) is 0 Å². The number of nitrogen functional groups attached to an aromatic ring is 1. The highest BCUT2D eigenvalue weighted by Gasteiger charge is 2.38. The average Bonchev–Trinajstić information content (AvgIpc) is 2.61. The van der Waals surface area contributed by atoms with E-state index in [1.165, 1.54) is 32.2 Å². The molecule has 3 rings (SSSR count). The van der Waals surface area contributed by atoms with E-state index in [-0.39, 0.29) is 16.6 Å². The molecule has 2 aromatic carbocycles. The molecule has 0 radical (unpaired) electrons. The summed E-state index contributed by atoms with van der Waals surface area (Å²) in [5, 5.41) is 0.0401. The van der Waals surface area contributed by atoms with Crippen molar-refractivity contribution >= 4 is 16.6 Å². The number of ether oxygens (including phenoxy) is 1. The Balaban J connectivity index is 2.27. The Bertz CT molecular complexity index is 1010. The third-order valence-electron chi connectivity index (χ3n) is 4.16. The van der Waals surface area contributed by atoms with Gasteiger partial charge in [0.15, 0.2) is 0 Å². The Morgan fingerprint density at radius 1 is 1.15 bits per heavy atom. The number of fused-ring (bicyclic) bond motifs is 1. The summed E-state index contributed by atoms with van der Waals surface area (Å²) in [5.74, 6) is -0.683. The second-order valence-corrected chi connectivity index (χ2v) is 5.83. The quantitative estimate of drug-likeness (QED) is 0.722. The highest BCUT2D eigenvalue weighted by atomic mass is 19.4. The van der Waals surface area contributed by atoms with Crippen molar-refractivity contribution in [3.63, 3.8) is 0 Å². The zero-order valence-corrected chi connectivity index (χ0v) is 14.0. The van der Waals surface area contributed by atoms with Crippen LogP contribution in [-0.2, 0) is 6.18 Å². The van der Waals surface area contributed by atoms with Crippen LogP contribution in [0.15, 0.2) is 47.3 Å². The van der Waals surface area contributed by atoms with Gasteiger partial charge in [0.25, 0.3) is 5.56 Å². The van der Waals surface area contributed by atoms with Crippen LogP contribution < -0.4 is 16.0 Å². The number of hydrogen-bond acceptors (Lipinski definition) is 4. The molecule has 1 heterocycles. The van der Waals surface area contributed by atoms with Crippen molar-refractivity contribution in [2.75, 3.05) is 12.8 Å². The van der Waals surface area contributed by atoms with E-state index in [1.807, 2.05) is 0 Å². The summed E-state index contributed by atoms with van der Waals surface area (Å²) in [6.07, 6.45) is -4.78. The number of anilines is 1. The highest BCUT2D eigenvalue weighted by Crippen LogP contribution is 2.31. The lowest BCUT2D eigenvalue weighted by atomic mass is 10.1. The standard InChI is InChI=1S/C18H16F3N3O2/c1-10(11-3-6-13(26-2)7-4-11)24-16(25)14-9-12(22)5-8-15(14)23-17(24)18(19,20)21/h3-10H,22H2,1-2H3. The van der Waals surface area contributed by atoms with Crippen LogP contribution in [0.5, 0.6) is 5.75 Å². The van der Waals surface area contributed by atoms with Crippen molar-refractivity contribution < 1.29 is 17.9 Å². The first-order chi connectivity index (χ1) is 12.2. The molecule has 0 aliphatic rings. The van der Waals surface area contributed by atoms with Gasteiger partial charge in [-0.1, -0.05) is 12.1 Å². The molecule has 1 atom stereocenters. The normalized spacial score (nSPS) is 13.0. The summed E-state index contributed by atoms with van der Waals surface area (Å²) in [6.45, 7) is 1.51. The van der Waals surface area contributed by atoms with Gasteiger partial charge in [0.2, 0.25) is 5.82 Å². The first kappa shape index (κ1) is 17.8. The van der Waals surface area contributed by atoms with Crippen molar-refractivity contribution in [2.45, 2.75) is 19.1 Å². The molecule has 0 bridgehead atoms. The van der Waals surface area contributed by atoms with E-state index in [9.17, 15) is 18.0 Å². The molecule has 2 N–H and O–H groups in total. The fourth-order valence-electron chi connectivity index (χ4n) is 2.81. The van der Waals surface area contributed by atoms with E-state index in [0.717, 1.165) is 0 Å². The molecule has 0 spiro atoms. The Morgan fingerprint density at radius 3 is 2.38 bits per heavy atom. The number of nitrogens with two attached hydrogens (primary N) is 1. The van der Waals surface area contributed by atoms with Gasteiger partial charge < -0.3 is 10.5 Å². The molecule has 5 nitrogen and oxygen atoms in total. The molecule has 1 unspecified atom stereocenters. The number of rotatable bonds is 3. The maximum absolute atomic E-state index is 13.6. The van der Waals surface area contributed by atoms with Gasteiger partial charge in [-0.05, 0) is 42.8 Å². The Labute approximate surface area is 146 Å². The van der Waals surface area contributed by atoms with Crippen molar-refractivity contribution in [1.29, 1.82) is 0 Å². The van der Waals surface area contributed by atoms with Crippen molar-refractivity contribution in [1.82, 2.24) is 9.55 Å². The van der Waals surface area contributed by atoms with Gasteiger partial charge in [-0.25, -0.2) is 4.98 Å². The first-order valence-corrected chi connectivity index (χ1v) is 7.75. The number of benzene rings is 2. The number of methoxy groups -OCH3 is 1. The molecule has 3 aromatic rings. The Kier molecular flexibility index (Phi) is 4.35. The zero-order chi connectivity index (χ0) is 19.1. The van der Waals surface area contributed by atoms with Crippen molar-refractivity contribution in [3.05, 3.63) is 64.2 Å². The van der Waals surface area contributed by atoms with Gasteiger partial charge in [0.1, 0.15) is 5.75 Å². The molecule has 0 saturated carbocycles. The van der Waals surface area contributed by atoms with Crippen LogP contribution in [0.3, 0.4) is 0 Å². The average molecular weight is 363 g/mol. The second kappa shape index (κ2) is 6.36. The van der Waals surface area contributed by atoms with E-state index < -0.39 is 23.6 Å². The van der Waals surface area contributed by atoms with Crippen LogP contribution in [0.1, 0.15) is 24.4 Å². The first-order valence-electron chi connectivity index (χ1n) is 7.75. The molecule has 0 saturated heterocycles. The van der Waals surface area contributed by atoms with Crippen LogP contribution in [0.25, 0.3) is 10.9 Å². The number of nitrogens with zero attached hydrogens (tertiary/aromatic N) is 2. The van der Waals surface area contributed by atoms with Gasteiger partial charge in [-0.3, -0.25) is 9.36 Å². The fraction of sp³-hybridized carbons (Fsp3) is 0.222. The van der Waals surface area contributed by atoms with Crippen LogP contribution >= 0.6 is 0 Å².